The molecule has 2 N–H and O–H groups in total. The van der Waals surface area contributed by atoms with E-state index >= 15 is 0 Å². The number of hydrogen-bond donors (Lipinski definition) is 2. The Hall–Kier alpha value is -1.35. The van der Waals surface area contributed by atoms with Crippen molar-refractivity contribution in [2.75, 3.05) is 25.0 Å². The number of ether oxygens (including phenoxy) is 1. The molecule has 7 heteroatoms. The zero-order valence-corrected chi connectivity index (χ0v) is 13.8. The van der Waals surface area contributed by atoms with Crippen LogP contribution in [0, 0.1) is 3.57 Å². The van der Waals surface area contributed by atoms with E-state index in [4.69, 9.17) is 4.74 Å². The molecule has 1 atom stereocenters. The number of nitrogens with zero attached hydrogens (tertiary/aromatic N) is 1. The quantitative estimate of drug-likeness (QED) is 0.760. The van der Waals surface area contributed by atoms with E-state index in [1.165, 1.54) is 6.07 Å². The number of carboxylic acid groups (broad SMARTS) is 1. The number of carboxylic acids is 1. The van der Waals surface area contributed by atoms with Crippen LogP contribution >= 0.6 is 22.6 Å². The monoisotopic (exact) mass is 404 g/mol. The second-order valence-electron chi connectivity index (χ2n) is 4.77. The molecule has 1 fully saturated rings. The lowest BCUT2D eigenvalue weighted by Crippen LogP contribution is -2.47. The van der Waals surface area contributed by atoms with Gasteiger partial charge in [0, 0.05) is 16.7 Å². The number of hydrogen-bond acceptors (Lipinski definition) is 3. The van der Waals surface area contributed by atoms with Gasteiger partial charge in [-0.3, -0.25) is 0 Å². The zero-order valence-electron chi connectivity index (χ0n) is 11.6. The molecule has 2 rings (SSSR count). The fraction of sp³-hybridized carbons (Fsp3) is 0.429. The van der Waals surface area contributed by atoms with Gasteiger partial charge >= 0.3 is 12.0 Å². The van der Waals surface area contributed by atoms with Crippen molar-refractivity contribution in [2.45, 2.75) is 19.4 Å². The molecule has 1 aliphatic rings. The van der Waals surface area contributed by atoms with Gasteiger partial charge in [0.2, 0.25) is 0 Å². The Labute approximate surface area is 136 Å². The minimum atomic E-state index is -1.06. The van der Waals surface area contributed by atoms with Crippen LogP contribution in [0.5, 0.6) is 0 Å². The number of carbonyl (C=O) groups is 2. The van der Waals surface area contributed by atoms with Gasteiger partial charge in [-0.1, -0.05) is 6.92 Å². The number of morpholine rings is 1. The molecule has 0 spiro atoms. The van der Waals surface area contributed by atoms with Crippen molar-refractivity contribution >= 4 is 40.3 Å². The Bertz CT molecular complexity index is 550. The highest BCUT2D eigenvalue weighted by Gasteiger charge is 2.24. The summed E-state index contributed by atoms with van der Waals surface area (Å²) >= 11 is 2.04. The molecule has 114 valence electrons. The first-order chi connectivity index (χ1) is 10.0. The van der Waals surface area contributed by atoms with Gasteiger partial charge in [0.1, 0.15) is 0 Å². The predicted octanol–water partition coefficient (Wildman–Crippen LogP) is 2.63. The molecule has 21 heavy (non-hydrogen) atoms. The molecule has 0 aromatic heterocycles. The van der Waals surface area contributed by atoms with E-state index in [2.05, 4.69) is 5.32 Å². The SMILES string of the molecule is CCC1CN(C(=O)Nc2ccc(I)cc2C(=O)O)CCO1. The van der Waals surface area contributed by atoms with Gasteiger partial charge < -0.3 is 20.1 Å². The summed E-state index contributed by atoms with van der Waals surface area (Å²) < 4.78 is 6.32. The molecule has 1 unspecified atom stereocenters. The number of carbonyl (C=O) groups excluding carboxylic acids is 1. The minimum Gasteiger partial charge on any atom is -0.478 e. The normalized spacial score (nSPS) is 18.4. The molecule has 0 radical (unpaired) electrons. The van der Waals surface area contributed by atoms with Crippen LogP contribution in [-0.4, -0.2) is 47.8 Å². The molecule has 0 aliphatic carbocycles. The number of rotatable bonds is 3. The highest BCUT2D eigenvalue weighted by Crippen LogP contribution is 2.20. The number of benzene rings is 1. The van der Waals surface area contributed by atoms with Crippen LogP contribution in [0.3, 0.4) is 0 Å². The molecule has 1 saturated heterocycles. The summed E-state index contributed by atoms with van der Waals surface area (Å²) in [5.74, 6) is -1.06. The zero-order chi connectivity index (χ0) is 15.4. The van der Waals surface area contributed by atoms with Gasteiger partial charge in [-0.05, 0) is 47.2 Å². The third-order valence-corrected chi connectivity index (χ3v) is 4.01. The molecule has 1 aromatic rings. The second-order valence-corrected chi connectivity index (χ2v) is 6.02. The summed E-state index contributed by atoms with van der Waals surface area (Å²) in [4.78, 5) is 25.1. The summed E-state index contributed by atoms with van der Waals surface area (Å²) in [6.45, 7) is 3.54. The first kappa shape index (κ1) is 16.0. The number of aromatic carboxylic acids is 1. The lowest BCUT2D eigenvalue weighted by atomic mass is 10.2. The Morgan fingerprint density at radius 3 is 2.95 bits per heavy atom. The van der Waals surface area contributed by atoms with E-state index in [9.17, 15) is 14.7 Å². The minimum absolute atomic E-state index is 0.0418. The van der Waals surface area contributed by atoms with Gasteiger partial charge in [-0.15, -0.1) is 0 Å². The van der Waals surface area contributed by atoms with Gasteiger partial charge in [-0.25, -0.2) is 9.59 Å². The number of amides is 2. The average molecular weight is 404 g/mol. The molecule has 2 amide bonds. The number of urea groups is 1. The number of anilines is 1. The van der Waals surface area contributed by atoms with Crippen LogP contribution in [0.25, 0.3) is 0 Å². The van der Waals surface area contributed by atoms with Crippen molar-refractivity contribution in [3.05, 3.63) is 27.3 Å². The summed E-state index contributed by atoms with van der Waals surface area (Å²) in [5, 5.41) is 11.9. The molecule has 1 aliphatic heterocycles. The average Bonchev–Trinajstić information content (AvgIpc) is 2.48. The van der Waals surface area contributed by atoms with Crippen LogP contribution in [0.1, 0.15) is 23.7 Å². The van der Waals surface area contributed by atoms with Crippen molar-refractivity contribution in [3.63, 3.8) is 0 Å². The van der Waals surface area contributed by atoms with Crippen molar-refractivity contribution in [1.82, 2.24) is 4.90 Å². The first-order valence-corrected chi connectivity index (χ1v) is 7.79. The van der Waals surface area contributed by atoms with Crippen molar-refractivity contribution in [3.8, 4) is 0 Å². The van der Waals surface area contributed by atoms with E-state index in [1.807, 2.05) is 29.5 Å². The predicted molar refractivity (Wildman–Crippen MR) is 86.7 cm³/mol. The highest BCUT2D eigenvalue weighted by atomic mass is 127. The van der Waals surface area contributed by atoms with Crippen molar-refractivity contribution in [2.24, 2.45) is 0 Å². The molecule has 0 saturated carbocycles. The van der Waals surface area contributed by atoms with Crippen molar-refractivity contribution < 1.29 is 19.4 Å². The maximum Gasteiger partial charge on any atom is 0.337 e. The van der Waals surface area contributed by atoms with Gasteiger partial charge in [-0.2, -0.15) is 0 Å². The van der Waals surface area contributed by atoms with E-state index in [0.717, 1.165) is 9.99 Å². The summed E-state index contributed by atoms with van der Waals surface area (Å²) in [7, 11) is 0. The first-order valence-electron chi connectivity index (χ1n) is 6.71. The van der Waals surface area contributed by atoms with E-state index < -0.39 is 5.97 Å². The van der Waals surface area contributed by atoms with Crippen LogP contribution in [0.2, 0.25) is 0 Å². The van der Waals surface area contributed by atoms with Gasteiger partial charge in [0.15, 0.2) is 0 Å². The summed E-state index contributed by atoms with van der Waals surface area (Å²) in [6, 6.07) is 4.62. The highest BCUT2D eigenvalue weighted by molar-refractivity contribution is 14.1. The number of halogens is 1. The summed E-state index contributed by atoms with van der Waals surface area (Å²) in [5.41, 5.74) is 0.406. The molecular formula is C14H17IN2O4. The standard InChI is InChI=1S/C14H17IN2O4/c1-2-10-8-17(5-6-21-10)14(20)16-12-4-3-9(15)7-11(12)13(18)19/h3-4,7,10H,2,5-6,8H2,1H3,(H,16,20)(H,18,19). The topological polar surface area (TPSA) is 78.9 Å². The molecular weight excluding hydrogens is 387 g/mol. The maximum absolute atomic E-state index is 12.3. The Balaban J connectivity index is 2.11. The van der Waals surface area contributed by atoms with Gasteiger partial charge in [0.05, 0.1) is 24.0 Å². The van der Waals surface area contributed by atoms with E-state index in [-0.39, 0.29) is 17.7 Å². The Kier molecular flexibility index (Phi) is 5.40. The third-order valence-electron chi connectivity index (χ3n) is 3.33. The third kappa shape index (κ3) is 4.07. The molecule has 1 aromatic carbocycles. The lowest BCUT2D eigenvalue weighted by molar-refractivity contribution is -0.0134. The Morgan fingerprint density at radius 2 is 2.29 bits per heavy atom. The number of nitrogens with one attached hydrogen (secondary N) is 1. The van der Waals surface area contributed by atoms with E-state index in [1.54, 1.807) is 17.0 Å². The van der Waals surface area contributed by atoms with E-state index in [0.29, 0.717) is 25.4 Å². The Morgan fingerprint density at radius 1 is 1.52 bits per heavy atom. The summed E-state index contributed by atoms with van der Waals surface area (Å²) in [6.07, 6.45) is 0.883. The fourth-order valence-electron chi connectivity index (χ4n) is 2.15. The largest absolute Gasteiger partial charge is 0.478 e. The second kappa shape index (κ2) is 7.08. The fourth-order valence-corrected chi connectivity index (χ4v) is 2.64. The maximum atomic E-state index is 12.3. The van der Waals surface area contributed by atoms with Crippen LogP contribution in [-0.2, 0) is 4.74 Å². The molecule has 0 bridgehead atoms. The van der Waals surface area contributed by atoms with Crippen molar-refractivity contribution in [1.29, 1.82) is 0 Å². The van der Waals surface area contributed by atoms with Crippen LogP contribution in [0.15, 0.2) is 18.2 Å². The smallest absolute Gasteiger partial charge is 0.337 e. The lowest BCUT2D eigenvalue weighted by Gasteiger charge is -2.32. The molecule has 1 heterocycles. The van der Waals surface area contributed by atoms with Crippen LogP contribution < -0.4 is 5.32 Å². The van der Waals surface area contributed by atoms with Gasteiger partial charge in [0.25, 0.3) is 0 Å². The molecule has 6 nitrogen and oxygen atoms in total. The van der Waals surface area contributed by atoms with Crippen LogP contribution in [0.4, 0.5) is 10.5 Å².